The number of carbonyl (C=O) groups excluding carboxylic acids is 3. The van der Waals surface area contributed by atoms with Crippen molar-refractivity contribution < 1.29 is 19.1 Å². The fraction of sp³-hybridized carbons (Fsp3) is 0.308. The lowest BCUT2D eigenvalue weighted by molar-refractivity contribution is -0.145. The maximum atomic E-state index is 13.5. The summed E-state index contributed by atoms with van der Waals surface area (Å²) >= 11 is 6.29. The van der Waals surface area contributed by atoms with Gasteiger partial charge in [0.15, 0.2) is 0 Å². The summed E-state index contributed by atoms with van der Waals surface area (Å²) < 4.78 is 5.38. The number of nitrogens with zero attached hydrogens (tertiary/aromatic N) is 4. The highest BCUT2D eigenvalue weighted by molar-refractivity contribution is 6.31. The van der Waals surface area contributed by atoms with Crippen molar-refractivity contribution >= 4 is 45.9 Å². The minimum Gasteiger partial charge on any atom is -0.378 e. The number of imide groups is 1. The third kappa shape index (κ3) is 4.85. The highest BCUT2D eigenvalue weighted by atomic mass is 35.5. The van der Waals surface area contributed by atoms with Crippen molar-refractivity contribution in [2.24, 2.45) is 0 Å². The first-order valence-electron chi connectivity index (χ1n) is 11.6. The molecule has 3 amide bonds. The standard InChI is InChI=1S/C26H25ClN4O4/c27-19-6-7-22-20(14-19)25(21(15-28-22)26(34)29-10-12-35-13-11-29)30-16-23(32)31(24(33)17-30)9-8-18-4-2-1-3-5-18/h1-7,14-15H,8-13,16-17H2. The molecule has 8 nitrogen and oxygen atoms in total. The molecule has 1 aromatic heterocycles. The Morgan fingerprint density at radius 2 is 1.71 bits per heavy atom. The van der Waals surface area contributed by atoms with Crippen LogP contribution < -0.4 is 4.90 Å². The smallest absolute Gasteiger partial charge is 0.257 e. The molecular weight excluding hydrogens is 468 g/mol. The Bertz CT molecular complexity index is 1260. The number of aromatic nitrogens is 1. The first kappa shape index (κ1) is 23.3. The maximum Gasteiger partial charge on any atom is 0.257 e. The Balaban J connectivity index is 1.46. The van der Waals surface area contributed by atoms with Crippen LogP contribution in [-0.2, 0) is 20.7 Å². The van der Waals surface area contributed by atoms with Crippen molar-refractivity contribution in [2.45, 2.75) is 6.42 Å². The molecule has 180 valence electrons. The fourth-order valence-electron chi connectivity index (χ4n) is 4.57. The van der Waals surface area contributed by atoms with Gasteiger partial charge in [-0.15, -0.1) is 0 Å². The number of carbonyl (C=O) groups is 3. The summed E-state index contributed by atoms with van der Waals surface area (Å²) in [5.41, 5.74) is 2.55. The second kappa shape index (κ2) is 10.0. The van der Waals surface area contributed by atoms with Crippen LogP contribution in [0.1, 0.15) is 15.9 Å². The molecule has 35 heavy (non-hydrogen) atoms. The van der Waals surface area contributed by atoms with E-state index >= 15 is 0 Å². The number of morpholine rings is 1. The van der Waals surface area contributed by atoms with Crippen LogP contribution in [0.5, 0.6) is 0 Å². The lowest BCUT2D eigenvalue weighted by atomic mass is 10.0. The van der Waals surface area contributed by atoms with Gasteiger partial charge in [-0.25, -0.2) is 0 Å². The van der Waals surface area contributed by atoms with Gasteiger partial charge in [0, 0.05) is 36.2 Å². The summed E-state index contributed by atoms with van der Waals surface area (Å²) in [6.07, 6.45) is 2.12. The van der Waals surface area contributed by atoms with Crippen LogP contribution in [-0.4, -0.2) is 78.4 Å². The molecule has 2 aromatic carbocycles. The predicted octanol–water partition coefficient (Wildman–Crippen LogP) is 2.78. The Labute approximate surface area is 208 Å². The number of ether oxygens (including phenoxy) is 1. The second-order valence-electron chi connectivity index (χ2n) is 8.62. The van der Waals surface area contributed by atoms with Crippen molar-refractivity contribution in [1.29, 1.82) is 0 Å². The molecule has 9 heteroatoms. The fourth-order valence-corrected chi connectivity index (χ4v) is 4.74. The quantitative estimate of drug-likeness (QED) is 0.509. The number of halogens is 1. The van der Waals surface area contributed by atoms with E-state index in [1.807, 2.05) is 30.3 Å². The van der Waals surface area contributed by atoms with Gasteiger partial charge < -0.3 is 14.5 Å². The Morgan fingerprint density at radius 3 is 2.43 bits per heavy atom. The second-order valence-corrected chi connectivity index (χ2v) is 9.05. The zero-order valence-electron chi connectivity index (χ0n) is 19.2. The molecule has 0 saturated carbocycles. The van der Waals surface area contributed by atoms with Crippen molar-refractivity contribution in [3.8, 4) is 0 Å². The number of rotatable bonds is 5. The summed E-state index contributed by atoms with van der Waals surface area (Å²) in [5, 5.41) is 1.12. The van der Waals surface area contributed by atoms with E-state index in [1.54, 1.807) is 28.0 Å². The first-order valence-corrected chi connectivity index (χ1v) is 12.0. The van der Waals surface area contributed by atoms with Crippen LogP contribution in [0, 0.1) is 0 Å². The summed E-state index contributed by atoms with van der Waals surface area (Å²) in [7, 11) is 0. The number of hydrogen-bond donors (Lipinski definition) is 0. The third-order valence-electron chi connectivity index (χ3n) is 6.37. The van der Waals surface area contributed by atoms with E-state index in [4.69, 9.17) is 16.3 Å². The SMILES string of the molecule is O=C(c1cnc2ccc(Cl)cc2c1N1CC(=O)N(CCc2ccccc2)C(=O)C1)N1CCOCC1. The molecule has 2 saturated heterocycles. The van der Waals surface area contributed by atoms with Gasteiger partial charge in [-0.3, -0.25) is 24.3 Å². The molecule has 0 bridgehead atoms. The van der Waals surface area contributed by atoms with Gasteiger partial charge in [0.05, 0.1) is 43.1 Å². The molecule has 2 fully saturated rings. The van der Waals surface area contributed by atoms with Crippen LogP contribution in [0.2, 0.25) is 5.02 Å². The van der Waals surface area contributed by atoms with Crippen LogP contribution in [0.3, 0.4) is 0 Å². The molecule has 0 aliphatic carbocycles. The molecule has 0 radical (unpaired) electrons. The molecule has 0 unspecified atom stereocenters. The van der Waals surface area contributed by atoms with Crippen LogP contribution >= 0.6 is 11.6 Å². The third-order valence-corrected chi connectivity index (χ3v) is 6.60. The lowest BCUT2D eigenvalue weighted by Gasteiger charge is -2.36. The monoisotopic (exact) mass is 492 g/mol. The van der Waals surface area contributed by atoms with Gasteiger partial charge in [0.25, 0.3) is 5.91 Å². The zero-order valence-corrected chi connectivity index (χ0v) is 19.9. The number of hydrogen-bond acceptors (Lipinski definition) is 6. The van der Waals surface area contributed by atoms with Gasteiger partial charge in [0.2, 0.25) is 11.8 Å². The van der Waals surface area contributed by atoms with Gasteiger partial charge in [-0.05, 0) is 30.2 Å². The number of piperazine rings is 1. The Hall–Kier alpha value is -3.49. The summed E-state index contributed by atoms with van der Waals surface area (Å²) in [5.74, 6) is -0.799. The van der Waals surface area contributed by atoms with E-state index in [2.05, 4.69) is 4.98 Å². The van der Waals surface area contributed by atoms with Crippen molar-refractivity contribution in [1.82, 2.24) is 14.8 Å². The summed E-state index contributed by atoms with van der Waals surface area (Å²) in [4.78, 5) is 48.8. The number of benzene rings is 2. The Kier molecular flexibility index (Phi) is 6.66. The molecule has 2 aliphatic rings. The number of anilines is 1. The van der Waals surface area contributed by atoms with Gasteiger partial charge in [-0.2, -0.15) is 0 Å². The molecule has 2 aliphatic heterocycles. The number of amides is 3. The van der Waals surface area contributed by atoms with Crippen LogP contribution in [0.4, 0.5) is 5.69 Å². The van der Waals surface area contributed by atoms with Gasteiger partial charge >= 0.3 is 0 Å². The zero-order chi connectivity index (χ0) is 24.4. The number of fused-ring (bicyclic) bond motifs is 1. The van der Waals surface area contributed by atoms with E-state index < -0.39 is 0 Å². The van der Waals surface area contributed by atoms with Gasteiger partial charge in [-0.1, -0.05) is 41.9 Å². The summed E-state index contributed by atoms with van der Waals surface area (Å²) in [6.45, 7) is 2.15. The highest BCUT2D eigenvalue weighted by Crippen LogP contribution is 2.33. The van der Waals surface area contributed by atoms with E-state index in [0.717, 1.165) is 5.56 Å². The lowest BCUT2D eigenvalue weighted by Crippen LogP contribution is -2.55. The molecular formula is C26H25ClN4O4. The minimum atomic E-state index is -0.297. The van der Waals surface area contributed by atoms with Crippen molar-refractivity contribution in [2.75, 3.05) is 50.8 Å². The number of pyridine rings is 1. The molecule has 0 spiro atoms. The van der Waals surface area contributed by atoms with Crippen LogP contribution in [0.15, 0.2) is 54.7 Å². The molecule has 3 heterocycles. The largest absolute Gasteiger partial charge is 0.378 e. The average molecular weight is 493 g/mol. The topological polar surface area (TPSA) is 83.1 Å². The molecule has 5 rings (SSSR count). The normalized spacial score (nSPS) is 16.8. The van der Waals surface area contributed by atoms with Crippen molar-refractivity contribution in [3.05, 3.63) is 70.9 Å². The molecule has 0 atom stereocenters. The maximum absolute atomic E-state index is 13.5. The Morgan fingerprint density at radius 1 is 1.00 bits per heavy atom. The van der Waals surface area contributed by atoms with Crippen LogP contribution in [0.25, 0.3) is 10.9 Å². The summed E-state index contributed by atoms with van der Waals surface area (Å²) in [6, 6.07) is 15.0. The molecule has 0 N–H and O–H groups in total. The van der Waals surface area contributed by atoms with E-state index in [-0.39, 0.29) is 30.8 Å². The van der Waals surface area contributed by atoms with E-state index in [0.29, 0.717) is 66.4 Å². The highest BCUT2D eigenvalue weighted by Gasteiger charge is 2.34. The first-order chi connectivity index (χ1) is 17.0. The van der Waals surface area contributed by atoms with Crippen molar-refractivity contribution in [3.63, 3.8) is 0 Å². The predicted molar refractivity (Wildman–Crippen MR) is 133 cm³/mol. The average Bonchev–Trinajstić information content (AvgIpc) is 2.88. The van der Waals surface area contributed by atoms with E-state index in [9.17, 15) is 14.4 Å². The molecule has 3 aromatic rings. The van der Waals surface area contributed by atoms with Gasteiger partial charge in [0.1, 0.15) is 0 Å². The van der Waals surface area contributed by atoms with E-state index in [1.165, 1.54) is 11.1 Å². The minimum absolute atomic E-state index is 0.0183.